The molecule has 0 saturated heterocycles. The molecule has 4 heteroatoms. The monoisotopic (exact) mass is 404 g/mol. The largest absolute Gasteiger partial charge is 0.508 e. The van der Waals surface area contributed by atoms with E-state index < -0.39 is 0 Å². The van der Waals surface area contributed by atoms with Crippen LogP contribution < -0.4 is 4.74 Å². The van der Waals surface area contributed by atoms with E-state index in [-0.39, 0.29) is 35.0 Å². The smallest absolute Gasteiger partial charge is 0.120 e. The lowest BCUT2D eigenvalue weighted by atomic mass is 9.78. The third-order valence-electron chi connectivity index (χ3n) is 5.39. The van der Waals surface area contributed by atoms with Crippen molar-refractivity contribution in [3.63, 3.8) is 0 Å². The average Bonchev–Trinajstić information content (AvgIpc) is 2.70. The second kappa shape index (κ2) is 10.2. The molecule has 2 aromatic carbocycles. The molecule has 0 aromatic heterocycles. The van der Waals surface area contributed by atoms with E-state index in [2.05, 4.69) is 31.2 Å². The summed E-state index contributed by atoms with van der Waals surface area (Å²) in [4.78, 5) is 0. The molecular formula is C26H32N2O2. The fourth-order valence-electron chi connectivity index (χ4n) is 3.66. The van der Waals surface area contributed by atoms with Gasteiger partial charge < -0.3 is 9.84 Å². The van der Waals surface area contributed by atoms with Crippen LogP contribution in [0.3, 0.4) is 0 Å². The minimum Gasteiger partial charge on any atom is -0.508 e. The van der Waals surface area contributed by atoms with Crippen molar-refractivity contribution in [1.82, 2.24) is 0 Å². The molecule has 158 valence electrons. The molecule has 0 amide bonds. The van der Waals surface area contributed by atoms with Crippen LogP contribution in [0.4, 0.5) is 0 Å². The van der Waals surface area contributed by atoms with Gasteiger partial charge in [-0.1, -0.05) is 31.2 Å². The predicted molar refractivity (Wildman–Crippen MR) is 119 cm³/mol. The number of hydrogen-bond acceptors (Lipinski definition) is 4. The maximum atomic E-state index is 9.65. The van der Waals surface area contributed by atoms with Gasteiger partial charge in [-0.15, -0.1) is 0 Å². The summed E-state index contributed by atoms with van der Waals surface area (Å²) in [5.41, 5.74) is 2.06. The highest BCUT2D eigenvalue weighted by Crippen LogP contribution is 2.37. The third kappa shape index (κ3) is 6.82. The Balaban J connectivity index is 2.21. The molecule has 0 aliphatic rings. The van der Waals surface area contributed by atoms with Crippen LogP contribution in [-0.2, 0) is 0 Å². The number of rotatable bonds is 8. The van der Waals surface area contributed by atoms with E-state index in [0.717, 1.165) is 17.7 Å². The first-order chi connectivity index (χ1) is 14.1. The molecule has 4 nitrogen and oxygen atoms in total. The van der Waals surface area contributed by atoms with Crippen molar-refractivity contribution in [3.8, 4) is 23.6 Å². The van der Waals surface area contributed by atoms with E-state index in [1.165, 1.54) is 5.56 Å². The highest BCUT2D eigenvalue weighted by molar-refractivity contribution is 5.32. The van der Waals surface area contributed by atoms with Crippen molar-refractivity contribution in [2.45, 2.75) is 64.9 Å². The van der Waals surface area contributed by atoms with E-state index in [1.54, 1.807) is 19.1 Å². The Hall–Kier alpha value is -2.98. The van der Waals surface area contributed by atoms with Gasteiger partial charge in [-0.2, -0.15) is 10.5 Å². The zero-order valence-corrected chi connectivity index (χ0v) is 18.6. The molecule has 0 heterocycles. The van der Waals surface area contributed by atoms with Crippen LogP contribution in [-0.4, -0.2) is 10.7 Å². The Morgan fingerprint density at radius 3 is 1.93 bits per heavy atom. The first-order valence-corrected chi connectivity index (χ1v) is 10.5. The first-order valence-electron chi connectivity index (χ1n) is 10.5. The molecule has 2 aromatic rings. The lowest BCUT2D eigenvalue weighted by molar-refractivity contribution is 0.131. The van der Waals surface area contributed by atoms with E-state index in [0.29, 0.717) is 6.42 Å². The molecule has 0 radical (unpaired) electrons. The summed E-state index contributed by atoms with van der Waals surface area (Å²) in [6, 6.07) is 19.9. The number of phenols is 1. The summed E-state index contributed by atoms with van der Waals surface area (Å²) in [6.07, 6.45) is 1.46. The second-order valence-electron chi connectivity index (χ2n) is 9.10. The minimum absolute atomic E-state index is 0.117. The molecule has 2 rings (SSSR count). The zero-order valence-electron chi connectivity index (χ0n) is 18.6. The first kappa shape index (κ1) is 23.3. The van der Waals surface area contributed by atoms with Crippen molar-refractivity contribution < 1.29 is 9.84 Å². The van der Waals surface area contributed by atoms with Crippen molar-refractivity contribution in [2.75, 3.05) is 0 Å². The lowest BCUT2D eigenvalue weighted by Gasteiger charge is -2.25. The van der Waals surface area contributed by atoms with Gasteiger partial charge in [0.2, 0.25) is 0 Å². The molecule has 0 aliphatic carbocycles. The Bertz CT molecular complexity index is 883. The van der Waals surface area contributed by atoms with Gasteiger partial charge in [0.25, 0.3) is 0 Å². The van der Waals surface area contributed by atoms with Gasteiger partial charge in [0.05, 0.1) is 24.0 Å². The molecular weight excluding hydrogens is 372 g/mol. The molecule has 4 atom stereocenters. The number of nitriles is 2. The summed E-state index contributed by atoms with van der Waals surface area (Å²) in [6.45, 7) is 10.1. The van der Waals surface area contributed by atoms with E-state index in [1.807, 2.05) is 45.0 Å². The molecule has 30 heavy (non-hydrogen) atoms. The lowest BCUT2D eigenvalue weighted by Crippen LogP contribution is -2.22. The second-order valence-corrected chi connectivity index (χ2v) is 9.10. The van der Waals surface area contributed by atoms with Gasteiger partial charge >= 0.3 is 0 Å². The van der Waals surface area contributed by atoms with Gasteiger partial charge in [0, 0.05) is 0 Å². The fourth-order valence-corrected chi connectivity index (χ4v) is 3.66. The van der Waals surface area contributed by atoms with Crippen LogP contribution in [0.15, 0.2) is 48.5 Å². The maximum Gasteiger partial charge on any atom is 0.120 e. The van der Waals surface area contributed by atoms with Gasteiger partial charge in [-0.25, -0.2) is 0 Å². The van der Waals surface area contributed by atoms with Crippen LogP contribution in [0.25, 0.3) is 0 Å². The average molecular weight is 405 g/mol. The summed E-state index contributed by atoms with van der Waals surface area (Å²) in [5, 5.41) is 28.5. The van der Waals surface area contributed by atoms with Gasteiger partial charge in [0.1, 0.15) is 17.1 Å². The number of nitrogens with zero attached hydrogens (tertiary/aromatic N) is 2. The summed E-state index contributed by atoms with van der Waals surface area (Å²) in [7, 11) is 0. The number of phenolic OH excluding ortho intramolecular Hbond substituents is 1. The van der Waals surface area contributed by atoms with Crippen molar-refractivity contribution >= 4 is 0 Å². The molecule has 0 saturated carbocycles. The molecule has 0 spiro atoms. The van der Waals surface area contributed by atoms with Crippen molar-refractivity contribution in [3.05, 3.63) is 59.7 Å². The number of benzene rings is 2. The Morgan fingerprint density at radius 1 is 0.867 bits per heavy atom. The standard InChI is InChI=1S/C26H32N2O2/c1-18(20-8-12-25(13-9-20)30-26(3,4)5)14-22(15-23(17-28)19(2)16-27)21-6-10-24(29)11-7-21/h6-13,18-19,22-23,29H,14-15H2,1-5H3. The predicted octanol–water partition coefficient (Wildman–Crippen LogP) is 6.54. The van der Waals surface area contributed by atoms with Crippen LogP contribution in [0.2, 0.25) is 0 Å². The fraction of sp³-hybridized carbons (Fsp3) is 0.462. The van der Waals surface area contributed by atoms with E-state index in [4.69, 9.17) is 4.74 Å². The minimum atomic E-state index is -0.330. The van der Waals surface area contributed by atoms with Crippen molar-refractivity contribution in [1.29, 1.82) is 10.5 Å². The van der Waals surface area contributed by atoms with E-state index in [9.17, 15) is 15.6 Å². The zero-order chi connectivity index (χ0) is 22.3. The van der Waals surface area contributed by atoms with Crippen LogP contribution in [0, 0.1) is 34.5 Å². The SMILES string of the molecule is CC(CC(CC(C#N)C(C)C#N)c1ccc(O)cc1)c1ccc(OC(C)(C)C)cc1. The Labute approximate surface area is 180 Å². The van der Waals surface area contributed by atoms with Gasteiger partial charge in [0.15, 0.2) is 0 Å². The Kier molecular flexibility index (Phi) is 7.90. The highest BCUT2D eigenvalue weighted by atomic mass is 16.5. The third-order valence-corrected chi connectivity index (χ3v) is 5.39. The summed E-state index contributed by atoms with van der Waals surface area (Å²) in [5.74, 6) is 0.807. The van der Waals surface area contributed by atoms with Crippen molar-refractivity contribution in [2.24, 2.45) is 11.8 Å². The number of hydrogen-bond donors (Lipinski definition) is 1. The molecule has 4 unspecified atom stereocenters. The topological polar surface area (TPSA) is 77.0 Å². The molecule has 0 bridgehead atoms. The summed E-state index contributed by atoms with van der Waals surface area (Å²) >= 11 is 0. The quantitative estimate of drug-likeness (QED) is 0.542. The van der Waals surface area contributed by atoms with Crippen LogP contribution >= 0.6 is 0 Å². The maximum absolute atomic E-state index is 9.65. The molecule has 1 N–H and O–H groups in total. The molecule has 0 aliphatic heterocycles. The normalized spacial score (nSPS) is 15.3. The summed E-state index contributed by atoms with van der Waals surface area (Å²) < 4.78 is 5.91. The van der Waals surface area contributed by atoms with Gasteiger partial charge in [-0.3, -0.25) is 0 Å². The number of aromatic hydroxyl groups is 1. The molecule has 0 fully saturated rings. The Morgan fingerprint density at radius 2 is 1.43 bits per heavy atom. The van der Waals surface area contributed by atoms with Crippen LogP contribution in [0.1, 0.15) is 70.4 Å². The number of ether oxygens (including phenoxy) is 1. The van der Waals surface area contributed by atoms with Gasteiger partial charge in [-0.05, 0) is 87.8 Å². The highest BCUT2D eigenvalue weighted by Gasteiger charge is 2.25. The van der Waals surface area contributed by atoms with Crippen LogP contribution in [0.5, 0.6) is 11.5 Å². The van der Waals surface area contributed by atoms with E-state index >= 15 is 0 Å².